The zero-order valence-electron chi connectivity index (χ0n) is 15.9. The van der Waals surface area contributed by atoms with Crippen LogP contribution in [0.5, 0.6) is 0 Å². The van der Waals surface area contributed by atoms with Gasteiger partial charge < -0.3 is 14.2 Å². The molecule has 1 aliphatic rings. The number of nitrogens with zero attached hydrogens (tertiary/aromatic N) is 4. The van der Waals surface area contributed by atoms with Gasteiger partial charge in [0.25, 0.3) is 11.8 Å². The van der Waals surface area contributed by atoms with Gasteiger partial charge in [0.15, 0.2) is 5.82 Å². The maximum Gasteiger partial charge on any atom is 0.337 e. The molecule has 4 rings (SSSR count). The van der Waals surface area contributed by atoms with E-state index in [4.69, 9.17) is 4.52 Å². The van der Waals surface area contributed by atoms with E-state index in [1.807, 2.05) is 18.2 Å². The maximum atomic E-state index is 12.9. The summed E-state index contributed by atoms with van der Waals surface area (Å²) >= 11 is 0. The van der Waals surface area contributed by atoms with Crippen LogP contribution in [-0.4, -0.2) is 52.1 Å². The highest BCUT2D eigenvalue weighted by atomic mass is 16.5. The summed E-state index contributed by atoms with van der Waals surface area (Å²) in [7, 11) is 1.33. The first-order valence-corrected chi connectivity index (χ1v) is 9.38. The van der Waals surface area contributed by atoms with Gasteiger partial charge in [-0.15, -0.1) is 0 Å². The Morgan fingerprint density at radius 3 is 2.66 bits per heavy atom. The molecule has 3 heterocycles. The number of esters is 1. The van der Waals surface area contributed by atoms with Crippen molar-refractivity contribution in [1.29, 1.82) is 0 Å². The molecule has 1 aliphatic heterocycles. The SMILES string of the molecule is COC(=O)c1ccc(C(=O)N2CCC[C@H](c3noc(-c4ccccn4)n3)C2)cc1. The highest BCUT2D eigenvalue weighted by Crippen LogP contribution is 2.27. The number of carbonyl (C=O) groups is 2. The van der Waals surface area contributed by atoms with Crippen molar-refractivity contribution in [3.05, 3.63) is 65.6 Å². The molecule has 2 aromatic heterocycles. The summed E-state index contributed by atoms with van der Waals surface area (Å²) in [5, 5.41) is 4.11. The van der Waals surface area contributed by atoms with Crippen LogP contribution in [0.25, 0.3) is 11.6 Å². The molecule has 148 valence electrons. The van der Waals surface area contributed by atoms with Crippen LogP contribution in [-0.2, 0) is 4.74 Å². The molecule has 1 aromatic carbocycles. The van der Waals surface area contributed by atoms with Gasteiger partial charge in [-0.1, -0.05) is 11.2 Å². The molecule has 3 aromatic rings. The molecule has 0 saturated carbocycles. The summed E-state index contributed by atoms with van der Waals surface area (Å²) in [5.74, 6) is 0.456. The molecule has 0 spiro atoms. The number of rotatable bonds is 4. The summed E-state index contributed by atoms with van der Waals surface area (Å²) in [5.41, 5.74) is 1.57. The summed E-state index contributed by atoms with van der Waals surface area (Å²) in [6.07, 6.45) is 3.40. The van der Waals surface area contributed by atoms with Gasteiger partial charge in [-0.25, -0.2) is 4.79 Å². The van der Waals surface area contributed by atoms with Crippen molar-refractivity contribution in [3.63, 3.8) is 0 Å². The number of benzene rings is 1. The zero-order chi connectivity index (χ0) is 20.2. The van der Waals surface area contributed by atoms with Crippen molar-refractivity contribution in [3.8, 4) is 11.6 Å². The van der Waals surface area contributed by atoms with Gasteiger partial charge in [0, 0.05) is 30.8 Å². The summed E-state index contributed by atoms with van der Waals surface area (Å²) in [4.78, 5) is 34.9. The van der Waals surface area contributed by atoms with Crippen molar-refractivity contribution in [2.45, 2.75) is 18.8 Å². The number of methoxy groups -OCH3 is 1. The van der Waals surface area contributed by atoms with E-state index in [1.54, 1.807) is 35.4 Å². The molecular weight excluding hydrogens is 372 g/mol. The van der Waals surface area contributed by atoms with Crippen molar-refractivity contribution in [1.82, 2.24) is 20.0 Å². The topological polar surface area (TPSA) is 98.4 Å². The average Bonchev–Trinajstić information content (AvgIpc) is 3.29. The molecule has 1 atom stereocenters. The third kappa shape index (κ3) is 4.01. The van der Waals surface area contributed by atoms with Gasteiger partial charge >= 0.3 is 5.97 Å². The Morgan fingerprint density at radius 2 is 1.93 bits per heavy atom. The van der Waals surface area contributed by atoms with E-state index in [2.05, 4.69) is 19.9 Å². The Morgan fingerprint density at radius 1 is 1.14 bits per heavy atom. The lowest BCUT2D eigenvalue weighted by Gasteiger charge is -2.31. The van der Waals surface area contributed by atoms with E-state index >= 15 is 0 Å². The molecule has 0 unspecified atom stereocenters. The molecule has 8 heteroatoms. The van der Waals surface area contributed by atoms with Crippen LogP contribution in [0.3, 0.4) is 0 Å². The first kappa shape index (κ1) is 18.8. The first-order chi connectivity index (χ1) is 14.2. The molecule has 0 N–H and O–H groups in total. The fraction of sp³-hybridized carbons (Fsp3) is 0.286. The van der Waals surface area contributed by atoms with E-state index in [9.17, 15) is 9.59 Å². The number of hydrogen-bond acceptors (Lipinski definition) is 7. The standard InChI is InChI=1S/C21H20N4O4/c1-28-21(27)15-9-7-14(8-10-15)20(26)25-12-4-5-16(13-25)18-23-19(29-24-18)17-6-2-3-11-22-17/h2-3,6-11,16H,4-5,12-13H2,1H3/t16-/m0/s1. The van der Waals surface area contributed by atoms with Crippen molar-refractivity contribution >= 4 is 11.9 Å². The quantitative estimate of drug-likeness (QED) is 0.630. The Hall–Kier alpha value is -3.55. The minimum Gasteiger partial charge on any atom is -0.465 e. The van der Waals surface area contributed by atoms with E-state index in [0.29, 0.717) is 41.6 Å². The van der Waals surface area contributed by atoms with Crippen LogP contribution in [0.4, 0.5) is 0 Å². The fourth-order valence-corrected chi connectivity index (χ4v) is 3.42. The predicted molar refractivity (Wildman–Crippen MR) is 103 cm³/mol. The lowest BCUT2D eigenvalue weighted by Crippen LogP contribution is -2.39. The fourth-order valence-electron chi connectivity index (χ4n) is 3.42. The second kappa shape index (κ2) is 8.22. The Balaban J connectivity index is 1.46. The highest BCUT2D eigenvalue weighted by Gasteiger charge is 2.29. The molecule has 1 saturated heterocycles. The molecule has 0 bridgehead atoms. The van der Waals surface area contributed by atoms with Gasteiger partial charge in [0.2, 0.25) is 0 Å². The second-order valence-electron chi connectivity index (χ2n) is 6.83. The van der Waals surface area contributed by atoms with Crippen LogP contribution in [0, 0.1) is 0 Å². The van der Waals surface area contributed by atoms with E-state index in [-0.39, 0.29) is 11.8 Å². The van der Waals surface area contributed by atoms with E-state index in [1.165, 1.54) is 7.11 Å². The number of aromatic nitrogens is 3. The monoisotopic (exact) mass is 392 g/mol. The van der Waals surface area contributed by atoms with Gasteiger partial charge in [0.05, 0.1) is 12.7 Å². The third-order valence-corrected chi connectivity index (χ3v) is 4.95. The minimum atomic E-state index is -0.428. The van der Waals surface area contributed by atoms with Gasteiger partial charge in [-0.05, 0) is 49.2 Å². The minimum absolute atomic E-state index is 0.00301. The zero-order valence-corrected chi connectivity index (χ0v) is 15.9. The van der Waals surface area contributed by atoms with E-state index < -0.39 is 5.97 Å². The molecule has 8 nitrogen and oxygen atoms in total. The predicted octanol–water partition coefficient (Wildman–Crippen LogP) is 2.94. The number of pyridine rings is 1. The molecular formula is C21H20N4O4. The number of piperidine rings is 1. The Kier molecular flexibility index (Phi) is 5.33. The van der Waals surface area contributed by atoms with Crippen LogP contribution in [0.15, 0.2) is 53.2 Å². The maximum absolute atomic E-state index is 12.9. The van der Waals surface area contributed by atoms with Gasteiger partial charge in [-0.3, -0.25) is 9.78 Å². The lowest BCUT2D eigenvalue weighted by atomic mass is 9.96. The normalized spacial score (nSPS) is 16.4. The Labute approximate surface area is 167 Å². The third-order valence-electron chi connectivity index (χ3n) is 4.95. The van der Waals surface area contributed by atoms with Gasteiger partial charge in [0.1, 0.15) is 5.69 Å². The van der Waals surface area contributed by atoms with Crippen molar-refractivity contribution in [2.24, 2.45) is 0 Å². The van der Waals surface area contributed by atoms with Crippen LogP contribution in [0.2, 0.25) is 0 Å². The molecule has 1 fully saturated rings. The smallest absolute Gasteiger partial charge is 0.337 e. The molecule has 0 radical (unpaired) electrons. The first-order valence-electron chi connectivity index (χ1n) is 9.38. The number of hydrogen-bond donors (Lipinski definition) is 0. The highest BCUT2D eigenvalue weighted by molar-refractivity contribution is 5.96. The largest absolute Gasteiger partial charge is 0.465 e. The number of carbonyl (C=O) groups excluding carboxylic acids is 2. The van der Waals surface area contributed by atoms with Crippen molar-refractivity contribution in [2.75, 3.05) is 20.2 Å². The van der Waals surface area contributed by atoms with Gasteiger partial charge in [-0.2, -0.15) is 4.98 Å². The average molecular weight is 392 g/mol. The number of ether oxygens (including phenoxy) is 1. The lowest BCUT2D eigenvalue weighted by molar-refractivity contribution is 0.0599. The number of amides is 1. The van der Waals surface area contributed by atoms with Crippen molar-refractivity contribution < 1.29 is 18.8 Å². The Bertz CT molecular complexity index is 1000. The summed E-state index contributed by atoms with van der Waals surface area (Å²) in [6, 6.07) is 12.0. The van der Waals surface area contributed by atoms with Crippen LogP contribution in [0.1, 0.15) is 45.3 Å². The van der Waals surface area contributed by atoms with E-state index in [0.717, 1.165) is 12.8 Å². The summed E-state index contributed by atoms with van der Waals surface area (Å²) < 4.78 is 10.0. The molecule has 1 amide bonds. The molecule has 0 aliphatic carbocycles. The molecule has 29 heavy (non-hydrogen) atoms. The van der Waals surface area contributed by atoms with Crippen LogP contribution >= 0.6 is 0 Å². The second-order valence-corrected chi connectivity index (χ2v) is 6.83. The summed E-state index contributed by atoms with van der Waals surface area (Å²) in [6.45, 7) is 1.18. The van der Waals surface area contributed by atoms with Crippen LogP contribution < -0.4 is 0 Å². The number of likely N-dealkylation sites (tertiary alicyclic amines) is 1.